The van der Waals surface area contributed by atoms with Gasteiger partial charge in [-0.2, -0.15) is 0 Å². The van der Waals surface area contributed by atoms with Crippen LogP contribution in [0.5, 0.6) is 11.5 Å². The number of nitrogen functional groups attached to an aromatic ring is 1. The number of ether oxygens (including phenoxy) is 3. The van der Waals surface area contributed by atoms with Gasteiger partial charge in [-0.1, -0.05) is 0 Å². The summed E-state index contributed by atoms with van der Waals surface area (Å²) in [5.41, 5.74) is 6.35. The van der Waals surface area contributed by atoms with Gasteiger partial charge in [0.2, 0.25) is 0 Å². The van der Waals surface area contributed by atoms with Crippen LogP contribution in [0.15, 0.2) is 24.3 Å². The number of esters is 1. The molecule has 2 rings (SSSR count). The van der Waals surface area contributed by atoms with Crippen molar-refractivity contribution >= 4 is 22.4 Å². The molecule has 4 N–H and O–H groups in total. The fourth-order valence-electron chi connectivity index (χ4n) is 2.11. The van der Waals surface area contributed by atoms with Gasteiger partial charge in [-0.05, 0) is 35.0 Å². The first-order chi connectivity index (χ1) is 11.1. The van der Waals surface area contributed by atoms with Crippen LogP contribution >= 0.6 is 0 Å². The number of carbonyl (C=O) groups is 1. The van der Waals surface area contributed by atoms with Gasteiger partial charge in [0.1, 0.15) is 6.61 Å². The highest BCUT2D eigenvalue weighted by atomic mass is 16.5. The average molecular weight is 321 g/mol. The van der Waals surface area contributed by atoms with E-state index in [0.29, 0.717) is 10.8 Å². The van der Waals surface area contributed by atoms with Crippen LogP contribution in [-0.2, 0) is 9.47 Å². The van der Waals surface area contributed by atoms with Crippen molar-refractivity contribution in [1.82, 2.24) is 0 Å². The number of phenols is 1. The van der Waals surface area contributed by atoms with Crippen LogP contribution in [0.3, 0.4) is 0 Å². The number of aliphatic hydroxyl groups excluding tert-OH is 1. The van der Waals surface area contributed by atoms with E-state index >= 15 is 0 Å². The molecule has 0 spiro atoms. The minimum atomic E-state index is -0.530. The number of anilines is 1. The van der Waals surface area contributed by atoms with Crippen LogP contribution in [0.1, 0.15) is 10.4 Å². The van der Waals surface area contributed by atoms with Gasteiger partial charge in [-0.3, -0.25) is 0 Å². The number of phenolic OH excluding ortho intramolecular Hbond substituents is 1. The molecule has 0 bridgehead atoms. The fraction of sp³-hybridized carbons (Fsp3) is 0.312. The minimum absolute atomic E-state index is 0.0372. The van der Waals surface area contributed by atoms with E-state index in [4.69, 9.17) is 20.3 Å². The highest BCUT2D eigenvalue weighted by Gasteiger charge is 2.13. The Morgan fingerprint density at radius 1 is 1.13 bits per heavy atom. The standard InChI is InChI=1S/C16H19NO6/c1-21-16(20)12-6-10-9-15(23-5-4-22-3-2-18)14(19)8-11(10)7-13(12)17/h6-9,18-19H,2-5,17H2,1H3. The van der Waals surface area contributed by atoms with Gasteiger partial charge < -0.3 is 30.2 Å². The maximum atomic E-state index is 11.7. The molecular formula is C16H19NO6. The molecule has 0 saturated heterocycles. The Labute approximate surface area is 133 Å². The second-order valence-electron chi connectivity index (χ2n) is 4.78. The molecule has 0 aliphatic carbocycles. The largest absolute Gasteiger partial charge is 0.504 e. The summed E-state index contributed by atoms with van der Waals surface area (Å²) < 4.78 is 15.2. The van der Waals surface area contributed by atoms with Crippen LogP contribution < -0.4 is 10.5 Å². The molecule has 0 aliphatic heterocycles. The number of benzene rings is 2. The molecule has 2 aromatic rings. The molecule has 0 saturated carbocycles. The number of aromatic hydroxyl groups is 1. The van der Waals surface area contributed by atoms with Crippen molar-refractivity contribution in [3.63, 3.8) is 0 Å². The molecule has 0 atom stereocenters. The van der Waals surface area contributed by atoms with Crippen molar-refractivity contribution in [3.8, 4) is 11.5 Å². The third-order valence-electron chi connectivity index (χ3n) is 3.21. The van der Waals surface area contributed by atoms with Crippen molar-refractivity contribution in [3.05, 3.63) is 29.8 Å². The zero-order valence-corrected chi connectivity index (χ0v) is 12.7. The first-order valence-electron chi connectivity index (χ1n) is 7.02. The van der Waals surface area contributed by atoms with Crippen LogP contribution in [0.25, 0.3) is 10.8 Å². The topological polar surface area (TPSA) is 111 Å². The summed E-state index contributed by atoms with van der Waals surface area (Å²) in [5.74, 6) is -0.298. The number of fused-ring (bicyclic) bond motifs is 1. The number of aliphatic hydroxyl groups is 1. The molecule has 7 nitrogen and oxygen atoms in total. The average Bonchev–Trinajstić information content (AvgIpc) is 2.54. The summed E-state index contributed by atoms with van der Waals surface area (Å²) in [7, 11) is 1.28. The van der Waals surface area contributed by atoms with Gasteiger partial charge in [0.05, 0.1) is 32.5 Å². The molecule has 124 valence electrons. The van der Waals surface area contributed by atoms with Crippen molar-refractivity contribution < 1.29 is 29.2 Å². The van der Waals surface area contributed by atoms with Crippen LogP contribution in [0, 0.1) is 0 Å². The first-order valence-corrected chi connectivity index (χ1v) is 7.02. The molecule has 0 heterocycles. The van der Waals surface area contributed by atoms with Crippen LogP contribution in [0.2, 0.25) is 0 Å². The van der Waals surface area contributed by atoms with E-state index in [1.165, 1.54) is 13.2 Å². The molecule has 0 unspecified atom stereocenters. The summed E-state index contributed by atoms with van der Waals surface area (Å²) in [4.78, 5) is 11.7. The van der Waals surface area contributed by atoms with Crippen LogP contribution in [-0.4, -0.2) is 49.7 Å². The van der Waals surface area contributed by atoms with E-state index in [2.05, 4.69) is 4.74 Å². The van der Waals surface area contributed by atoms with Crippen molar-refractivity contribution in [2.24, 2.45) is 0 Å². The zero-order chi connectivity index (χ0) is 16.8. The van der Waals surface area contributed by atoms with Gasteiger partial charge in [0, 0.05) is 5.69 Å². The molecule has 0 amide bonds. The number of nitrogens with two attached hydrogens (primary N) is 1. The van der Waals surface area contributed by atoms with E-state index in [1.807, 2.05) is 0 Å². The number of methoxy groups -OCH3 is 1. The van der Waals surface area contributed by atoms with E-state index in [-0.39, 0.29) is 49.2 Å². The minimum Gasteiger partial charge on any atom is -0.504 e. The van der Waals surface area contributed by atoms with E-state index in [0.717, 1.165) is 0 Å². The van der Waals surface area contributed by atoms with Gasteiger partial charge >= 0.3 is 5.97 Å². The van der Waals surface area contributed by atoms with Crippen molar-refractivity contribution in [2.75, 3.05) is 39.3 Å². The van der Waals surface area contributed by atoms with Crippen LogP contribution in [0.4, 0.5) is 5.69 Å². The normalized spacial score (nSPS) is 10.7. The lowest BCUT2D eigenvalue weighted by molar-refractivity contribution is 0.0602. The van der Waals surface area contributed by atoms with Crippen molar-refractivity contribution in [2.45, 2.75) is 0 Å². The molecular weight excluding hydrogens is 302 g/mol. The molecule has 2 aromatic carbocycles. The van der Waals surface area contributed by atoms with E-state index in [9.17, 15) is 9.90 Å². The maximum absolute atomic E-state index is 11.7. The third kappa shape index (κ3) is 4.02. The lowest BCUT2D eigenvalue weighted by Gasteiger charge is -2.11. The number of hydrogen-bond donors (Lipinski definition) is 3. The SMILES string of the molecule is COC(=O)c1cc2cc(OCCOCCO)c(O)cc2cc1N. The number of hydrogen-bond acceptors (Lipinski definition) is 7. The Kier molecular flexibility index (Phi) is 5.61. The Morgan fingerprint density at radius 2 is 1.87 bits per heavy atom. The molecule has 23 heavy (non-hydrogen) atoms. The Bertz CT molecular complexity index is 701. The smallest absolute Gasteiger partial charge is 0.339 e. The highest BCUT2D eigenvalue weighted by Crippen LogP contribution is 2.33. The van der Waals surface area contributed by atoms with Gasteiger partial charge in [0.15, 0.2) is 11.5 Å². The van der Waals surface area contributed by atoms with E-state index < -0.39 is 5.97 Å². The quantitative estimate of drug-likeness (QED) is 0.400. The maximum Gasteiger partial charge on any atom is 0.339 e. The summed E-state index contributed by atoms with van der Waals surface area (Å²) in [6.45, 7) is 0.679. The van der Waals surface area contributed by atoms with Gasteiger partial charge in [-0.25, -0.2) is 4.79 Å². The third-order valence-corrected chi connectivity index (χ3v) is 3.21. The second-order valence-corrected chi connectivity index (χ2v) is 4.78. The first kappa shape index (κ1) is 16.9. The molecule has 0 aromatic heterocycles. The molecule has 0 radical (unpaired) electrons. The highest BCUT2D eigenvalue weighted by molar-refractivity contribution is 6.01. The molecule has 0 aliphatic rings. The van der Waals surface area contributed by atoms with E-state index in [1.54, 1.807) is 18.2 Å². The Hall–Kier alpha value is -2.51. The Balaban J connectivity index is 2.24. The predicted molar refractivity (Wildman–Crippen MR) is 84.8 cm³/mol. The summed E-state index contributed by atoms with van der Waals surface area (Å²) in [6, 6.07) is 6.31. The second kappa shape index (κ2) is 7.66. The summed E-state index contributed by atoms with van der Waals surface area (Å²) >= 11 is 0. The Morgan fingerprint density at radius 3 is 2.57 bits per heavy atom. The monoisotopic (exact) mass is 321 g/mol. The summed E-state index contributed by atoms with van der Waals surface area (Å²) in [5, 5.41) is 20.0. The predicted octanol–water partition coefficient (Wildman–Crippen LogP) is 1.30. The van der Waals surface area contributed by atoms with Crippen molar-refractivity contribution in [1.29, 1.82) is 0 Å². The summed E-state index contributed by atoms with van der Waals surface area (Å²) in [6.07, 6.45) is 0. The number of rotatable bonds is 7. The molecule has 7 heteroatoms. The zero-order valence-electron chi connectivity index (χ0n) is 12.7. The fourth-order valence-corrected chi connectivity index (χ4v) is 2.11. The van der Waals surface area contributed by atoms with Gasteiger partial charge in [-0.15, -0.1) is 0 Å². The lowest BCUT2D eigenvalue weighted by atomic mass is 10.0. The lowest BCUT2D eigenvalue weighted by Crippen LogP contribution is -2.09. The van der Waals surface area contributed by atoms with Gasteiger partial charge in [0.25, 0.3) is 0 Å². The molecule has 0 fully saturated rings. The number of carbonyl (C=O) groups excluding carboxylic acids is 1.